The van der Waals surface area contributed by atoms with Crippen LogP contribution >= 0.6 is 0 Å². The molecule has 0 aromatic rings. The van der Waals surface area contributed by atoms with Crippen LogP contribution in [0.4, 0.5) is 0 Å². The van der Waals surface area contributed by atoms with Gasteiger partial charge in [-0.3, -0.25) is 4.90 Å². The van der Waals surface area contributed by atoms with E-state index in [0.717, 1.165) is 13.0 Å². The van der Waals surface area contributed by atoms with Crippen LogP contribution in [0.1, 0.15) is 19.8 Å². The van der Waals surface area contributed by atoms with Gasteiger partial charge >= 0.3 is 0 Å². The maximum Gasteiger partial charge on any atom is 0.0673 e. The summed E-state index contributed by atoms with van der Waals surface area (Å²) in [6, 6.07) is 0. The molecule has 0 unspecified atom stereocenters. The van der Waals surface area contributed by atoms with Gasteiger partial charge in [-0.2, -0.15) is 0 Å². The minimum absolute atomic E-state index is 0.0367. The zero-order chi connectivity index (χ0) is 11.7. The third-order valence-electron chi connectivity index (χ3n) is 2.87. The molecular formula is C12H23NO2. The summed E-state index contributed by atoms with van der Waals surface area (Å²) in [6.45, 7) is 10.7. The average molecular weight is 213 g/mol. The number of rotatable bonds is 9. The van der Waals surface area contributed by atoms with Crippen LogP contribution in [0.25, 0.3) is 0 Å². The predicted octanol–water partition coefficient (Wildman–Crippen LogP) is 1.18. The van der Waals surface area contributed by atoms with Crippen LogP contribution in [-0.2, 0) is 0 Å². The second-order valence-electron chi connectivity index (χ2n) is 3.71. The van der Waals surface area contributed by atoms with Crippen LogP contribution in [0, 0.1) is 0 Å². The molecule has 0 rings (SSSR count). The molecule has 0 fully saturated rings. The summed E-state index contributed by atoms with van der Waals surface area (Å²) in [5.74, 6) is 0. The fraction of sp³-hybridized carbons (Fsp3) is 0.667. The number of hydrogen-bond donors (Lipinski definition) is 2. The molecule has 0 aromatic carbocycles. The average Bonchev–Trinajstić information content (AvgIpc) is 2.28. The smallest absolute Gasteiger partial charge is 0.0673 e. The van der Waals surface area contributed by atoms with Crippen molar-refractivity contribution in [2.45, 2.75) is 25.3 Å². The molecule has 0 atom stereocenters. The van der Waals surface area contributed by atoms with Crippen molar-refractivity contribution in [2.75, 3.05) is 26.3 Å². The Bertz CT molecular complexity index is 180. The molecule has 2 N–H and O–H groups in total. The van der Waals surface area contributed by atoms with Crippen molar-refractivity contribution < 1.29 is 10.2 Å². The van der Waals surface area contributed by atoms with Gasteiger partial charge in [0.25, 0.3) is 0 Å². The van der Waals surface area contributed by atoms with Crippen LogP contribution < -0.4 is 0 Å². The van der Waals surface area contributed by atoms with E-state index >= 15 is 0 Å². The number of aliphatic hydroxyl groups excluding tert-OH is 2. The van der Waals surface area contributed by atoms with Gasteiger partial charge in [0.15, 0.2) is 0 Å². The highest BCUT2D eigenvalue weighted by atomic mass is 16.3. The minimum Gasteiger partial charge on any atom is -0.394 e. The summed E-state index contributed by atoms with van der Waals surface area (Å²) >= 11 is 0. The number of aliphatic hydroxyl groups is 2. The normalized spacial score (nSPS) is 11.7. The van der Waals surface area contributed by atoms with Crippen molar-refractivity contribution >= 4 is 0 Å². The topological polar surface area (TPSA) is 43.7 Å². The zero-order valence-corrected chi connectivity index (χ0v) is 9.65. The van der Waals surface area contributed by atoms with Gasteiger partial charge < -0.3 is 10.2 Å². The molecule has 0 aliphatic rings. The monoisotopic (exact) mass is 213 g/mol. The summed E-state index contributed by atoms with van der Waals surface area (Å²) in [7, 11) is 0. The van der Waals surface area contributed by atoms with Crippen molar-refractivity contribution in [3.63, 3.8) is 0 Å². The summed E-state index contributed by atoms with van der Waals surface area (Å²) in [6.07, 6.45) is 5.19. The lowest BCUT2D eigenvalue weighted by molar-refractivity contribution is -0.00883. The Kier molecular flexibility index (Phi) is 7.30. The van der Waals surface area contributed by atoms with E-state index in [-0.39, 0.29) is 13.2 Å². The molecule has 0 saturated carbocycles. The molecule has 0 saturated heterocycles. The van der Waals surface area contributed by atoms with Crippen molar-refractivity contribution in [3.8, 4) is 0 Å². The highest BCUT2D eigenvalue weighted by Crippen LogP contribution is 2.19. The molecule has 0 aliphatic heterocycles. The van der Waals surface area contributed by atoms with E-state index < -0.39 is 5.54 Å². The van der Waals surface area contributed by atoms with Crippen LogP contribution in [0.3, 0.4) is 0 Å². The van der Waals surface area contributed by atoms with Crippen LogP contribution in [0.15, 0.2) is 25.3 Å². The lowest BCUT2D eigenvalue weighted by Gasteiger charge is -2.40. The van der Waals surface area contributed by atoms with E-state index in [9.17, 15) is 10.2 Å². The Morgan fingerprint density at radius 3 is 2.13 bits per heavy atom. The fourth-order valence-electron chi connectivity index (χ4n) is 1.62. The Morgan fingerprint density at radius 2 is 1.80 bits per heavy atom. The van der Waals surface area contributed by atoms with Gasteiger partial charge in [0, 0.05) is 13.1 Å². The van der Waals surface area contributed by atoms with E-state index in [1.807, 2.05) is 13.0 Å². The molecule has 0 amide bonds. The molecule has 0 bridgehead atoms. The molecule has 3 nitrogen and oxygen atoms in total. The van der Waals surface area contributed by atoms with E-state index in [2.05, 4.69) is 18.1 Å². The first-order valence-corrected chi connectivity index (χ1v) is 5.39. The quantitative estimate of drug-likeness (QED) is 0.565. The second kappa shape index (κ2) is 7.63. The molecule has 0 radical (unpaired) electrons. The molecule has 0 spiro atoms. The molecule has 0 aliphatic carbocycles. The third-order valence-corrected chi connectivity index (χ3v) is 2.87. The first-order valence-electron chi connectivity index (χ1n) is 5.39. The van der Waals surface area contributed by atoms with Gasteiger partial charge in [-0.1, -0.05) is 19.1 Å². The van der Waals surface area contributed by atoms with Gasteiger partial charge in [-0.05, 0) is 12.8 Å². The van der Waals surface area contributed by atoms with Crippen molar-refractivity contribution in [3.05, 3.63) is 25.3 Å². The largest absolute Gasteiger partial charge is 0.394 e. The molecular weight excluding hydrogens is 190 g/mol. The predicted molar refractivity (Wildman–Crippen MR) is 63.8 cm³/mol. The maximum atomic E-state index is 9.41. The van der Waals surface area contributed by atoms with Crippen molar-refractivity contribution in [1.29, 1.82) is 0 Å². The van der Waals surface area contributed by atoms with E-state index in [4.69, 9.17) is 0 Å². The van der Waals surface area contributed by atoms with Gasteiger partial charge in [0.05, 0.1) is 18.8 Å². The number of hydrogen-bond acceptors (Lipinski definition) is 3. The summed E-state index contributed by atoms with van der Waals surface area (Å²) in [5.41, 5.74) is -0.531. The highest BCUT2D eigenvalue weighted by Gasteiger charge is 2.32. The summed E-state index contributed by atoms with van der Waals surface area (Å²) < 4.78 is 0. The number of nitrogens with zero attached hydrogens (tertiary/aromatic N) is 1. The fourth-order valence-corrected chi connectivity index (χ4v) is 1.62. The lowest BCUT2D eigenvalue weighted by Crippen LogP contribution is -2.54. The second-order valence-corrected chi connectivity index (χ2v) is 3.71. The van der Waals surface area contributed by atoms with Gasteiger partial charge in [-0.15, -0.1) is 13.2 Å². The Balaban J connectivity index is 4.63. The molecule has 0 aromatic heterocycles. The van der Waals surface area contributed by atoms with Crippen LogP contribution in [0.5, 0.6) is 0 Å². The minimum atomic E-state index is -0.531. The molecule has 0 heterocycles. The highest BCUT2D eigenvalue weighted by molar-refractivity contribution is 4.92. The van der Waals surface area contributed by atoms with Gasteiger partial charge in [0.1, 0.15) is 0 Å². The van der Waals surface area contributed by atoms with Crippen molar-refractivity contribution in [1.82, 2.24) is 4.90 Å². The lowest BCUT2D eigenvalue weighted by atomic mass is 9.95. The first-order chi connectivity index (χ1) is 7.20. The molecule has 3 heteroatoms. The zero-order valence-electron chi connectivity index (χ0n) is 9.65. The van der Waals surface area contributed by atoms with E-state index in [0.29, 0.717) is 13.0 Å². The third kappa shape index (κ3) is 3.78. The van der Waals surface area contributed by atoms with E-state index in [1.165, 1.54) is 0 Å². The summed E-state index contributed by atoms with van der Waals surface area (Å²) in [5, 5.41) is 18.8. The maximum absolute atomic E-state index is 9.41. The van der Waals surface area contributed by atoms with Gasteiger partial charge in [-0.25, -0.2) is 0 Å². The molecule has 15 heavy (non-hydrogen) atoms. The van der Waals surface area contributed by atoms with Crippen LogP contribution in [0.2, 0.25) is 0 Å². The first kappa shape index (κ1) is 14.4. The summed E-state index contributed by atoms with van der Waals surface area (Å²) in [4.78, 5) is 2.06. The van der Waals surface area contributed by atoms with Gasteiger partial charge in [0.2, 0.25) is 0 Å². The van der Waals surface area contributed by atoms with Crippen LogP contribution in [-0.4, -0.2) is 47.0 Å². The SMILES string of the molecule is C=CCCN(CC=C)C(CC)(CO)CO. The Morgan fingerprint density at radius 1 is 1.20 bits per heavy atom. The standard InChI is InChI=1S/C12H23NO2/c1-4-7-9-13(8-5-2)12(6-3,10-14)11-15/h4-5,14-15H,1-2,6-11H2,3H3. The molecule has 88 valence electrons. The van der Waals surface area contributed by atoms with E-state index in [1.54, 1.807) is 6.08 Å². The Hall–Kier alpha value is -0.640. The Labute approximate surface area is 92.7 Å². The van der Waals surface area contributed by atoms with Crippen molar-refractivity contribution in [2.24, 2.45) is 0 Å².